The lowest BCUT2D eigenvalue weighted by Crippen LogP contribution is -2.48. The second-order valence-electron chi connectivity index (χ2n) is 1.62. The minimum absolute atomic E-state index is 2.28. The lowest BCUT2D eigenvalue weighted by Gasteiger charge is -2.33. The van der Waals surface area contributed by atoms with Gasteiger partial charge < -0.3 is 5.11 Å². The summed E-state index contributed by atoms with van der Waals surface area (Å²) in [5.41, 5.74) is 0. The lowest BCUT2D eigenvalue weighted by molar-refractivity contribution is 0.137. The quantitative estimate of drug-likeness (QED) is 0.677. The van der Waals surface area contributed by atoms with E-state index in [1.165, 1.54) is 0 Å². The molecule has 0 amide bonds. The van der Waals surface area contributed by atoms with Gasteiger partial charge in [-0.25, -0.2) is 0 Å². The Morgan fingerprint density at radius 1 is 0.636 bits per heavy atom. The zero-order valence-corrected chi connectivity index (χ0v) is 9.88. The average molecular weight is 301 g/mol. The van der Waals surface area contributed by atoms with Crippen LogP contribution in [0.3, 0.4) is 0 Å². The molecular formula is C3HCl7O. The first-order chi connectivity index (χ1) is 4.50. The number of aliphatic hydroxyl groups is 1. The Labute approximate surface area is 98.4 Å². The molecule has 0 unspecified atom stereocenters. The molecule has 1 N–H and O–H groups in total. The summed E-state index contributed by atoms with van der Waals surface area (Å²) in [7, 11) is 0. The van der Waals surface area contributed by atoms with Crippen LogP contribution in [0.1, 0.15) is 0 Å². The van der Waals surface area contributed by atoms with Gasteiger partial charge in [0.2, 0.25) is 12.6 Å². The van der Waals surface area contributed by atoms with Crippen LogP contribution in [0, 0.1) is 0 Å². The molecule has 0 aromatic carbocycles. The highest BCUT2D eigenvalue weighted by molar-refractivity contribution is 6.77. The summed E-state index contributed by atoms with van der Waals surface area (Å²) >= 11 is 36.5. The van der Waals surface area contributed by atoms with Crippen LogP contribution in [0.5, 0.6) is 0 Å². The molecule has 0 saturated carbocycles. The summed E-state index contributed by atoms with van der Waals surface area (Å²) in [6, 6.07) is 0. The number of hydrogen-bond donors (Lipinski definition) is 1. The van der Waals surface area contributed by atoms with E-state index in [1.54, 1.807) is 0 Å². The van der Waals surface area contributed by atoms with E-state index in [1.807, 2.05) is 0 Å². The molecule has 68 valence electrons. The number of alkyl halides is 7. The van der Waals surface area contributed by atoms with E-state index >= 15 is 0 Å². The Hall–Kier alpha value is 1.99. The maximum Gasteiger partial charge on any atom is 0.237 e. The van der Waals surface area contributed by atoms with Crippen molar-refractivity contribution in [3.63, 3.8) is 0 Å². The molecule has 0 heterocycles. The molecule has 0 aromatic heterocycles. The summed E-state index contributed by atoms with van der Waals surface area (Å²) in [5, 5.41) is 6.60. The third-order valence-electron chi connectivity index (χ3n) is 0.751. The van der Waals surface area contributed by atoms with E-state index in [9.17, 15) is 0 Å². The third-order valence-corrected chi connectivity index (χ3v) is 3.54. The van der Waals surface area contributed by atoms with E-state index in [0.29, 0.717) is 0 Å². The van der Waals surface area contributed by atoms with Gasteiger partial charge in [0.15, 0.2) is 0 Å². The monoisotopic (exact) mass is 298 g/mol. The van der Waals surface area contributed by atoms with E-state index in [2.05, 4.69) is 0 Å². The van der Waals surface area contributed by atoms with Gasteiger partial charge in [-0.05, 0) is 0 Å². The van der Waals surface area contributed by atoms with E-state index in [-0.39, 0.29) is 0 Å². The second-order valence-corrected chi connectivity index (χ2v) is 6.73. The van der Waals surface area contributed by atoms with Crippen molar-refractivity contribution in [1.82, 2.24) is 0 Å². The van der Waals surface area contributed by atoms with Gasteiger partial charge in [-0.1, -0.05) is 81.2 Å². The summed E-state index contributed by atoms with van der Waals surface area (Å²) in [4.78, 5) is 0. The molecule has 1 nitrogen and oxygen atoms in total. The van der Waals surface area contributed by atoms with Crippen LogP contribution in [0.4, 0.5) is 0 Å². The predicted molar refractivity (Wildman–Crippen MR) is 51.4 cm³/mol. The SMILES string of the molecule is OC(Cl)(C(Cl)(Cl)Cl)C(Cl)(Cl)Cl. The van der Waals surface area contributed by atoms with Crippen LogP contribution in [0.2, 0.25) is 0 Å². The van der Waals surface area contributed by atoms with Gasteiger partial charge in [0.1, 0.15) is 0 Å². The Morgan fingerprint density at radius 3 is 0.818 bits per heavy atom. The number of rotatable bonds is 0. The molecule has 0 fully saturated rings. The van der Waals surface area contributed by atoms with Crippen molar-refractivity contribution >= 4 is 81.2 Å². The van der Waals surface area contributed by atoms with E-state index < -0.39 is 12.6 Å². The van der Waals surface area contributed by atoms with Crippen molar-refractivity contribution in [1.29, 1.82) is 0 Å². The number of halogens is 7. The Bertz CT molecular complexity index is 125. The summed E-state index contributed by atoms with van der Waals surface area (Å²) < 4.78 is -4.56. The smallest absolute Gasteiger partial charge is 0.237 e. The van der Waals surface area contributed by atoms with Crippen LogP contribution >= 0.6 is 81.2 Å². The summed E-state index contributed by atoms with van der Waals surface area (Å²) in [6.45, 7) is 0. The van der Waals surface area contributed by atoms with Crippen molar-refractivity contribution in [2.24, 2.45) is 0 Å². The standard InChI is InChI=1S/C3HCl7O/c4-1(11,2(5,6)7)3(8,9)10/h11H. The number of hydrogen-bond acceptors (Lipinski definition) is 1. The van der Waals surface area contributed by atoms with Crippen molar-refractivity contribution in [2.75, 3.05) is 0 Å². The van der Waals surface area contributed by atoms with Gasteiger partial charge in [-0.2, -0.15) is 0 Å². The zero-order valence-electron chi connectivity index (χ0n) is 4.59. The molecule has 0 aliphatic carbocycles. The van der Waals surface area contributed by atoms with Crippen LogP contribution < -0.4 is 0 Å². The average Bonchev–Trinajstić information content (AvgIpc) is 1.58. The largest absolute Gasteiger partial charge is 0.368 e. The predicted octanol–water partition coefficient (Wildman–Crippen LogP) is 3.65. The minimum atomic E-state index is -2.56. The van der Waals surface area contributed by atoms with E-state index in [0.717, 1.165) is 0 Å². The first-order valence-electron chi connectivity index (χ1n) is 2.05. The molecule has 0 bridgehead atoms. The Kier molecular flexibility index (Phi) is 4.28. The maximum absolute atomic E-state index is 9.16. The van der Waals surface area contributed by atoms with E-state index in [4.69, 9.17) is 86.3 Å². The Balaban J connectivity index is 4.75. The highest BCUT2D eigenvalue weighted by Gasteiger charge is 2.59. The molecule has 0 aliphatic heterocycles. The molecule has 0 atom stereocenters. The van der Waals surface area contributed by atoms with Gasteiger partial charge in [0, 0.05) is 0 Å². The molecule has 0 radical (unpaired) electrons. The van der Waals surface area contributed by atoms with Crippen LogP contribution in [0.25, 0.3) is 0 Å². The molecule has 0 aromatic rings. The van der Waals surface area contributed by atoms with Crippen LogP contribution in [0.15, 0.2) is 0 Å². The Morgan fingerprint density at radius 2 is 0.818 bits per heavy atom. The topological polar surface area (TPSA) is 20.2 Å². The fourth-order valence-corrected chi connectivity index (χ4v) is 1.45. The fourth-order valence-electron chi connectivity index (χ4n) is 0.161. The summed E-state index contributed by atoms with van der Waals surface area (Å²) in [6.07, 6.45) is 0. The minimum Gasteiger partial charge on any atom is -0.368 e. The molecule has 11 heavy (non-hydrogen) atoms. The second kappa shape index (κ2) is 3.62. The van der Waals surface area contributed by atoms with Crippen LogP contribution in [-0.4, -0.2) is 17.8 Å². The van der Waals surface area contributed by atoms with Gasteiger partial charge in [-0.15, -0.1) is 0 Å². The molecule has 0 rings (SSSR count). The normalized spacial score (nSPS) is 15.3. The third kappa shape index (κ3) is 2.99. The highest BCUT2D eigenvalue weighted by atomic mass is 35.6. The van der Waals surface area contributed by atoms with Crippen molar-refractivity contribution in [3.8, 4) is 0 Å². The molecule has 0 aliphatic rings. The maximum atomic E-state index is 9.16. The zero-order chi connectivity index (χ0) is 9.50. The lowest BCUT2D eigenvalue weighted by atomic mass is 10.4. The van der Waals surface area contributed by atoms with Crippen molar-refractivity contribution in [2.45, 2.75) is 12.6 Å². The first-order valence-corrected chi connectivity index (χ1v) is 4.69. The highest BCUT2D eigenvalue weighted by Crippen LogP contribution is 2.53. The van der Waals surface area contributed by atoms with Gasteiger partial charge in [-0.3, -0.25) is 0 Å². The molecule has 0 saturated heterocycles. The van der Waals surface area contributed by atoms with Crippen molar-refractivity contribution in [3.05, 3.63) is 0 Å². The molecular weight excluding hydrogens is 300 g/mol. The molecule has 0 spiro atoms. The van der Waals surface area contributed by atoms with Gasteiger partial charge >= 0.3 is 0 Å². The summed E-state index contributed by atoms with van der Waals surface area (Å²) in [5.74, 6) is 0. The molecule has 8 heteroatoms. The first kappa shape index (κ1) is 13.0. The van der Waals surface area contributed by atoms with Gasteiger partial charge in [0.25, 0.3) is 0 Å². The van der Waals surface area contributed by atoms with Crippen LogP contribution in [-0.2, 0) is 0 Å². The van der Waals surface area contributed by atoms with Gasteiger partial charge in [0.05, 0.1) is 0 Å². The van der Waals surface area contributed by atoms with Crippen molar-refractivity contribution < 1.29 is 5.11 Å². The fraction of sp³-hybridized carbons (Fsp3) is 1.00.